The van der Waals surface area contributed by atoms with E-state index in [0.29, 0.717) is 68.5 Å². The van der Waals surface area contributed by atoms with Crippen LogP contribution in [0.25, 0.3) is 45.0 Å². The number of phenols is 8. The van der Waals surface area contributed by atoms with Gasteiger partial charge in [0.2, 0.25) is 5.78 Å². The first-order chi connectivity index (χ1) is 42.3. The van der Waals surface area contributed by atoms with Crippen LogP contribution in [0.5, 0.6) is 51.7 Å². The van der Waals surface area contributed by atoms with Gasteiger partial charge in [0.25, 0.3) is 0 Å². The van der Waals surface area contributed by atoms with Crippen molar-refractivity contribution in [1.29, 1.82) is 0 Å². The van der Waals surface area contributed by atoms with Crippen LogP contribution in [0.3, 0.4) is 0 Å². The van der Waals surface area contributed by atoms with Crippen LogP contribution in [0.1, 0.15) is 80.3 Å². The third-order valence-electron chi connectivity index (χ3n) is 12.8. The van der Waals surface area contributed by atoms with E-state index in [1.165, 1.54) is 107 Å². The van der Waals surface area contributed by atoms with Crippen LogP contribution in [0.15, 0.2) is 191 Å². The standard InChI is InChI=1S/C20H13NO3S.C17H13NO5S.C17H13NO3S.C12H11NO3S.3CH4.3H2O/c22-19-14-8-4-5-9-17(14)24-20(23)15(19)10-11-18-21-16(12-25-18)13-6-2-1-3-7-13;19-12-3-1-9(5-15(12)22)11-8-24-17(18-11)7-14(21)10-2-4-13(20)16(23)6-10;19-14-7-6-12(8-16(14)21)13-10-22-17(18-13)9-15(20)11-4-2-1-3-5-11;1-7(14)4-12-13-9(6-17-12)8-2-3-10(15)11(16)5-8;;;;;;/h1-10,12H,11H2;1-6,8,19-20,22-23H,7H2;1-8,10,19,21H,9H2;2-3,5-6,15-16H,4H2,1H3;3*1H4;3*1H2/b15-10-;;;;;;;;;. The zero-order valence-corrected chi connectivity index (χ0v) is 50.9. The molecule has 0 spiro atoms. The van der Waals surface area contributed by atoms with Gasteiger partial charge in [-0.2, -0.15) is 0 Å². The van der Waals surface area contributed by atoms with E-state index in [0.717, 1.165) is 26.3 Å². The predicted octanol–water partition coefficient (Wildman–Crippen LogP) is 12.6. The number of carbonyl (C=O) groups excluding carboxylic acids is 5. The maximum absolute atomic E-state index is 12.5. The highest BCUT2D eigenvalue weighted by Gasteiger charge is 2.30. The maximum Gasteiger partial charge on any atom is 0.347 e. The summed E-state index contributed by atoms with van der Waals surface area (Å²) in [5, 5.41) is 85.3. The minimum absolute atomic E-state index is 0. The van der Waals surface area contributed by atoms with Crippen molar-refractivity contribution in [3.8, 4) is 96.8 Å². The molecule has 0 amide bonds. The lowest BCUT2D eigenvalue weighted by Gasteiger charge is -2.16. The molecule has 7 aromatic carbocycles. The summed E-state index contributed by atoms with van der Waals surface area (Å²) in [6.45, 7) is 1.52. The molecule has 12 rings (SSSR count). The lowest BCUT2D eigenvalue weighted by atomic mass is 9.99. The van der Waals surface area contributed by atoms with Crippen LogP contribution in [-0.2, 0) is 35.3 Å². The molecule has 490 valence electrons. The largest absolute Gasteiger partial charge is 0.504 e. The molecule has 94 heavy (non-hydrogen) atoms. The second kappa shape index (κ2) is 35.7. The third kappa shape index (κ3) is 20.1. The first-order valence-electron chi connectivity index (χ1n) is 26.4. The average molecular weight is 1350 g/mol. The number of thiazole rings is 4. The monoisotopic (exact) mass is 1350 g/mol. The number of Topliss-reactive ketones (excluding diaryl/α,β-unsaturated/α-hetero) is 4. The molecule has 0 radical (unpaired) electrons. The molecule has 0 fully saturated rings. The highest BCUT2D eigenvalue weighted by Crippen LogP contribution is 2.35. The third-order valence-corrected chi connectivity index (χ3v) is 16.2. The van der Waals surface area contributed by atoms with Crippen LogP contribution in [0.2, 0.25) is 0 Å². The summed E-state index contributed by atoms with van der Waals surface area (Å²) >= 11 is 5.61. The van der Waals surface area contributed by atoms with E-state index in [9.17, 15) is 64.8 Å². The Morgan fingerprint density at radius 3 is 1.23 bits per heavy atom. The van der Waals surface area contributed by atoms with E-state index in [4.69, 9.17) is 4.74 Å². The number of benzene rings is 7. The van der Waals surface area contributed by atoms with E-state index in [1.807, 2.05) is 64.7 Å². The Labute approximate surface area is 556 Å². The molecule has 0 saturated heterocycles. The molecule has 14 N–H and O–H groups in total. The number of aromatic nitrogens is 4. The Morgan fingerprint density at radius 1 is 0.415 bits per heavy atom. The number of carbonyl (C=O) groups is 5. The molecule has 11 aromatic rings. The van der Waals surface area contributed by atoms with Crippen molar-refractivity contribution in [2.45, 2.75) is 54.9 Å². The molecule has 1 aliphatic rings. The molecule has 5 heterocycles. The quantitative estimate of drug-likeness (QED) is 0.0125. The van der Waals surface area contributed by atoms with Crippen molar-refractivity contribution >= 4 is 74.4 Å². The number of ketones is 4. The Hall–Kier alpha value is -10.8. The average Bonchev–Trinajstić information content (AvgIpc) is 1.11. The highest BCUT2D eigenvalue weighted by molar-refractivity contribution is 7.10. The van der Waals surface area contributed by atoms with Crippen LogP contribution in [-0.4, -0.2) is 106 Å². The zero-order valence-electron chi connectivity index (χ0n) is 47.7. The van der Waals surface area contributed by atoms with Crippen molar-refractivity contribution in [3.05, 3.63) is 228 Å². The van der Waals surface area contributed by atoms with Gasteiger partial charge in [0.1, 0.15) is 32.1 Å². The van der Waals surface area contributed by atoms with Crippen molar-refractivity contribution in [1.82, 2.24) is 19.9 Å². The number of rotatable bonds is 14. The fraction of sp³-hybridized carbons (Fsp3) is 0.116. The minimum atomic E-state index is -0.608. The van der Waals surface area contributed by atoms with E-state index < -0.39 is 5.97 Å². The number of phenolic OH excluding ortho intramolecular Hbond substituents is 8. The number of esters is 1. The fourth-order valence-electron chi connectivity index (χ4n) is 8.28. The second-order valence-corrected chi connectivity index (χ2v) is 22.9. The maximum atomic E-state index is 12.5. The Morgan fingerprint density at radius 2 is 0.787 bits per heavy atom. The molecule has 4 aromatic heterocycles. The fourth-order valence-corrected chi connectivity index (χ4v) is 11.5. The molecule has 0 aliphatic carbocycles. The summed E-state index contributed by atoms with van der Waals surface area (Å²) in [5.41, 5.74) is 7.36. The van der Waals surface area contributed by atoms with Crippen molar-refractivity contribution < 1.29 is 86.0 Å². The number of nitrogens with zero attached hydrogens (tertiary/aromatic N) is 4. The molecule has 0 atom stereocenters. The van der Waals surface area contributed by atoms with Crippen molar-refractivity contribution in [2.75, 3.05) is 0 Å². The zero-order chi connectivity index (χ0) is 62.4. The summed E-state index contributed by atoms with van der Waals surface area (Å²) in [4.78, 5) is 77.5. The van der Waals surface area contributed by atoms with Gasteiger partial charge in [-0.3, -0.25) is 19.2 Å². The molecule has 25 heteroatoms. The molecule has 0 saturated carbocycles. The first kappa shape index (κ1) is 77.5. The van der Waals surface area contributed by atoms with Gasteiger partial charge < -0.3 is 62.0 Å². The molecule has 1 aliphatic heterocycles. The van der Waals surface area contributed by atoms with Crippen molar-refractivity contribution in [2.24, 2.45) is 0 Å². The minimum Gasteiger partial charge on any atom is -0.504 e. The van der Waals surface area contributed by atoms with E-state index in [1.54, 1.807) is 66.1 Å². The molecule has 21 nitrogen and oxygen atoms in total. The summed E-state index contributed by atoms with van der Waals surface area (Å²) in [7, 11) is 0. The van der Waals surface area contributed by atoms with Gasteiger partial charge in [-0.25, -0.2) is 24.7 Å². The van der Waals surface area contributed by atoms with E-state index >= 15 is 0 Å². The highest BCUT2D eigenvalue weighted by atomic mass is 32.1. The predicted molar refractivity (Wildman–Crippen MR) is 366 cm³/mol. The van der Waals surface area contributed by atoms with Gasteiger partial charge in [0.05, 0.1) is 52.6 Å². The lowest BCUT2D eigenvalue weighted by Crippen LogP contribution is -2.25. The molecule has 0 bridgehead atoms. The van der Waals surface area contributed by atoms with Crippen LogP contribution < -0.4 is 4.74 Å². The number of hydrogen-bond donors (Lipinski definition) is 8. The SMILES string of the molecule is C.C.C.CC(=O)Cc1nc(-c2ccc(O)c(O)c2)cs1.O.O.O.O=C(Cc1nc(-c2ccc(O)c(O)c2)cs1)c1ccc(O)c(O)c1.O=C(Cc1nc(-c2ccc(O)c(O)c2)cs1)c1ccccc1.O=C1Oc2ccccc2C(=O)/C1=C/Cc1nc(-c2ccccc2)cs1. The van der Waals surface area contributed by atoms with Gasteiger partial charge in [0.15, 0.2) is 57.6 Å². The van der Waals surface area contributed by atoms with Crippen LogP contribution >= 0.6 is 45.3 Å². The van der Waals surface area contributed by atoms with Crippen molar-refractivity contribution in [3.63, 3.8) is 0 Å². The van der Waals surface area contributed by atoms with Gasteiger partial charge in [0, 0.05) is 61.3 Å². The first-order valence-corrected chi connectivity index (χ1v) is 30.0. The van der Waals surface area contributed by atoms with Gasteiger partial charge in [-0.15, -0.1) is 45.3 Å². The summed E-state index contributed by atoms with van der Waals surface area (Å²) < 4.78 is 5.23. The second-order valence-electron chi connectivity index (χ2n) is 19.2. The Kier molecular flexibility index (Phi) is 29.4. The van der Waals surface area contributed by atoms with E-state index in [2.05, 4.69) is 19.9 Å². The Balaban J connectivity index is 0.000000323. The normalized spacial score (nSPS) is 11.1. The number of hydrogen-bond acceptors (Lipinski definition) is 22. The van der Waals surface area contributed by atoms with E-state index in [-0.39, 0.29) is 132 Å². The summed E-state index contributed by atoms with van der Waals surface area (Å²) in [6, 6.07) is 43.1. The summed E-state index contributed by atoms with van der Waals surface area (Å²) in [5.74, 6) is -2.51. The number of ether oxygens (including phenoxy) is 1. The number of allylic oxidation sites excluding steroid dienone is 1. The number of fused-ring (bicyclic) bond motifs is 1. The topological polar surface area (TPSA) is 402 Å². The molecule has 0 unspecified atom stereocenters. The van der Waals surface area contributed by atoms with Gasteiger partial charge >= 0.3 is 5.97 Å². The molecular formula is C69H68N4O17S4. The lowest BCUT2D eigenvalue weighted by molar-refractivity contribution is -0.130. The van der Waals surface area contributed by atoms with Gasteiger partial charge in [-0.1, -0.05) is 101 Å². The van der Waals surface area contributed by atoms with Crippen LogP contribution in [0, 0.1) is 0 Å². The molecular weight excluding hydrogens is 1290 g/mol. The summed E-state index contributed by atoms with van der Waals surface area (Å²) in [6.07, 6.45) is 2.65. The van der Waals surface area contributed by atoms with Gasteiger partial charge in [-0.05, 0) is 91.9 Å². The smallest absolute Gasteiger partial charge is 0.347 e. The number of aromatic hydroxyl groups is 8. The van der Waals surface area contributed by atoms with Crippen LogP contribution in [0.4, 0.5) is 0 Å². The Bertz CT molecular complexity index is 4390. The number of para-hydroxylation sites is 1.